The first-order valence-corrected chi connectivity index (χ1v) is 4.17. The van der Waals surface area contributed by atoms with Gasteiger partial charge in [-0.05, 0) is 0 Å². The lowest BCUT2D eigenvalue weighted by molar-refractivity contribution is -0.219. The predicted octanol–water partition coefficient (Wildman–Crippen LogP) is -0.516. The summed E-state index contributed by atoms with van der Waals surface area (Å²) in [7, 11) is -4.71. The van der Waals surface area contributed by atoms with Crippen LogP contribution in [0.15, 0.2) is 0 Å². The first-order valence-electron chi connectivity index (χ1n) is 2.01. The van der Waals surface area contributed by atoms with Gasteiger partial charge in [-0.15, -0.1) is 0 Å². The van der Waals surface area contributed by atoms with Crippen molar-refractivity contribution < 1.29 is 28.7 Å². The number of carbonyl (C=O) groups excluding carboxylic acids is 1. The molecule has 0 radical (unpaired) electrons. The summed E-state index contributed by atoms with van der Waals surface area (Å²) in [6.07, 6.45) is 0. The highest BCUT2D eigenvalue weighted by atomic mass is 32.1. The first-order chi connectivity index (χ1) is 4.45. The second-order valence-electron chi connectivity index (χ2n) is 1.18. The SMILES string of the molecule is O=C(CS)OOP(=O)(O)O. The minimum Gasteiger partial charge on any atom is -0.301 e. The molecule has 0 unspecified atom stereocenters. The highest BCUT2D eigenvalue weighted by molar-refractivity contribution is 7.81. The van der Waals surface area contributed by atoms with E-state index in [2.05, 4.69) is 22.2 Å². The van der Waals surface area contributed by atoms with Gasteiger partial charge in [0, 0.05) is 0 Å². The molecular formula is C2H5O6PS. The van der Waals surface area contributed by atoms with Crippen LogP contribution in [0.3, 0.4) is 0 Å². The Hall–Kier alpha value is -0.0700. The second kappa shape index (κ2) is 3.95. The number of thiol groups is 1. The van der Waals surface area contributed by atoms with Crippen molar-refractivity contribution in [2.75, 3.05) is 5.75 Å². The molecule has 0 heterocycles. The van der Waals surface area contributed by atoms with Gasteiger partial charge in [-0.2, -0.15) is 12.6 Å². The van der Waals surface area contributed by atoms with Gasteiger partial charge >= 0.3 is 13.8 Å². The van der Waals surface area contributed by atoms with Crippen LogP contribution < -0.4 is 0 Å². The number of carbonyl (C=O) groups is 1. The van der Waals surface area contributed by atoms with E-state index in [1.54, 1.807) is 0 Å². The summed E-state index contributed by atoms with van der Waals surface area (Å²) in [5.74, 6) is -1.27. The van der Waals surface area contributed by atoms with E-state index in [4.69, 9.17) is 9.79 Å². The number of rotatable bonds is 3. The summed E-state index contributed by atoms with van der Waals surface area (Å²) in [5, 5.41) is 0. The lowest BCUT2D eigenvalue weighted by atomic mass is 10.8. The van der Waals surface area contributed by atoms with Crippen molar-refractivity contribution in [2.24, 2.45) is 0 Å². The average molecular weight is 188 g/mol. The Labute approximate surface area is 61.7 Å². The van der Waals surface area contributed by atoms with Crippen molar-refractivity contribution in [1.29, 1.82) is 0 Å². The van der Waals surface area contributed by atoms with Crippen LogP contribution in [-0.4, -0.2) is 21.5 Å². The van der Waals surface area contributed by atoms with Gasteiger partial charge in [0.2, 0.25) is 0 Å². The summed E-state index contributed by atoms with van der Waals surface area (Å²) in [5.41, 5.74) is 0. The second-order valence-corrected chi connectivity index (χ2v) is 2.63. The Morgan fingerprint density at radius 1 is 1.60 bits per heavy atom. The lowest BCUT2D eigenvalue weighted by Crippen LogP contribution is -2.04. The van der Waals surface area contributed by atoms with Gasteiger partial charge in [-0.25, -0.2) is 9.36 Å². The molecule has 0 saturated carbocycles. The molecule has 0 fully saturated rings. The van der Waals surface area contributed by atoms with E-state index in [9.17, 15) is 9.36 Å². The molecule has 0 aromatic heterocycles. The van der Waals surface area contributed by atoms with E-state index in [1.807, 2.05) is 0 Å². The summed E-state index contributed by atoms with van der Waals surface area (Å²) in [4.78, 5) is 29.6. The van der Waals surface area contributed by atoms with E-state index in [0.717, 1.165) is 0 Å². The van der Waals surface area contributed by atoms with Gasteiger partial charge in [-0.1, -0.05) is 4.67 Å². The summed E-state index contributed by atoms with van der Waals surface area (Å²) in [6.45, 7) is 0. The molecule has 0 aliphatic rings. The fourth-order valence-corrected chi connectivity index (χ4v) is 0.349. The third-order valence-electron chi connectivity index (χ3n) is 0.356. The Bertz CT molecular complexity index is 161. The Morgan fingerprint density at radius 2 is 2.10 bits per heavy atom. The van der Waals surface area contributed by atoms with E-state index in [0.29, 0.717) is 0 Å². The van der Waals surface area contributed by atoms with Gasteiger partial charge in [0.25, 0.3) is 0 Å². The van der Waals surface area contributed by atoms with Gasteiger partial charge in [0.15, 0.2) is 0 Å². The standard InChI is InChI=1S/C2H5O6PS/c3-2(1-10)7-8-9(4,5)6/h10H,1H2,(H2,4,5,6). The van der Waals surface area contributed by atoms with Crippen LogP contribution in [0, 0.1) is 0 Å². The normalized spacial score (nSPS) is 11.1. The van der Waals surface area contributed by atoms with E-state index in [-0.39, 0.29) is 5.75 Å². The lowest BCUT2D eigenvalue weighted by Gasteiger charge is -2.00. The molecule has 0 aliphatic carbocycles. The molecular weight excluding hydrogens is 183 g/mol. The maximum absolute atomic E-state index is 10.1. The minimum atomic E-state index is -4.71. The molecule has 2 N–H and O–H groups in total. The van der Waals surface area contributed by atoms with Crippen LogP contribution in [0.2, 0.25) is 0 Å². The Balaban J connectivity index is 3.56. The van der Waals surface area contributed by atoms with Crippen molar-refractivity contribution in [3.05, 3.63) is 0 Å². The molecule has 0 saturated heterocycles. The number of hydrogen-bond donors (Lipinski definition) is 3. The molecule has 0 aliphatic heterocycles. The molecule has 0 aromatic carbocycles. The van der Waals surface area contributed by atoms with E-state index in [1.165, 1.54) is 0 Å². The van der Waals surface area contributed by atoms with Gasteiger partial charge in [0.05, 0.1) is 5.75 Å². The zero-order chi connectivity index (χ0) is 8.20. The highest BCUT2D eigenvalue weighted by Crippen LogP contribution is 2.35. The molecule has 0 rings (SSSR count). The summed E-state index contributed by atoms with van der Waals surface area (Å²) < 4.78 is 13.2. The Kier molecular flexibility index (Phi) is 3.92. The van der Waals surface area contributed by atoms with Crippen molar-refractivity contribution in [1.82, 2.24) is 0 Å². The minimum absolute atomic E-state index is 0.306. The highest BCUT2D eigenvalue weighted by Gasteiger charge is 2.17. The third-order valence-corrected chi connectivity index (χ3v) is 0.883. The van der Waals surface area contributed by atoms with Crippen LogP contribution in [0.1, 0.15) is 0 Å². The quantitative estimate of drug-likeness (QED) is 0.239. The van der Waals surface area contributed by atoms with Crippen LogP contribution in [0.25, 0.3) is 0 Å². The van der Waals surface area contributed by atoms with Gasteiger partial charge in [0.1, 0.15) is 0 Å². The molecule has 0 spiro atoms. The molecule has 10 heavy (non-hydrogen) atoms. The summed E-state index contributed by atoms with van der Waals surface area (Å²) in [6, 6.07) is 0. The van der Waals surface area contributed by atoms with Crippen LogP contribution in [0.4, 0.5) is 0 Å². The fraction of sp³-hybridized carbons (Fsp3) is 0.500. The molecule has 0 bridgehead atoms. The fourth-order valence-electron chi connectivity index (χ4n) is 0.116. The maximum Gasteiger partial charge on any atom is 0.505 e. The van der Waals surface area contributed by atoms with E-state index < -0.39 is 13.8 Å². The smallest absolute Gasteiger partial charge is 0.301 e. The largest absolute Gasteiger partial charge is 0.505 e. The average Bonchev–Trinajstić information content (AvgIpc) is 1.81. The van der Waals surface area contributed by atoms with Crippen molar-refractivity contribution in [2.45, 2.75) is 0 Å². The molecule has 0 aromatic rings. The van der Waals surface area contributed by atoms with Crippen molar-refractivity contribution in [3.63, 3.8) is 0 Å². The van der Waals surface area contributed by atoms with Crippen LogP contribution >= 0.6 is 20.5 Å². The zero-order valence-electron chi connectivity index (χ0n) is 4.63. The molecule has 0 atom stereocenters. The van der Waals surface area contributed by atoms with Crippen LogP contribution in [0.5, 0.6) is 0 Å². The molecule has 0 amide bonds. The van der Waals surface area contributed by atoms with E-state index >= 15 is 0 Å². The zero-order valence-corrected chi connectivity index (χ0v) is 6.42. The van der Waals surface area contributed by atoms with Crippen molar-refractivity contribution >= 4 is 26.4 Å². The predicted molar refractivity (Wildman–Crippen MR) is 33.1 cm³/mol. The number of hydrogen-bond acceptors (Lipinski definition) is 5. The monoisotopic (exact) mass is 188 g/mol. The van der Waals surface area contributed by atoms with Gasteiger partial charge < -0.3 is 9.79 Å². The molecule has 6 nitrogen and oxygen atoms in total. The summed E-state index contributed by atoms with van der Waals surface area (Å²) >= 11 is 3.44. The van der Waals surface area contributed by atoms with Crippen LogP contribution in [-0.2, 0) is 18.9 Å². The third kappa shape index (κ3) is 6.06. The topological polar surface area (TPSA) is 93.1 Å². The Morgan fingerprint density at radius 3 is 2.40 bits per heavy atom. The molecule has 60 valence electrons. The maximum atomic E-state index is 10.1. The van der Waals surface area contributed by atoms with Gasteiger partial charge in [-0.3, -0.25) is 4.89 Å². The number of phosphoric acid groups is 1. The first kappa shape index (κ1) is 9.93. The van der Waals surface area contributed by atoms with Crippen molar-refractivity contribution in [3.8, 4) is 0 Å². The molecule has 8 heteroatoms.